The van der Waals surface area contributed by atoms with E-state index < -0.39 is 18.1 Å². The van der Waals surface area contributed by atoms with Crippen LogP contribution in [-0.2, 0) is 22.6 Å². The second-order valence-corrected chi connectivity index (χ2v) is 5.49. The predicted molar refractivity (Wildman–Crippen MR) is 94.4 cm³/mol. The highest BCUT2D eigenvalue weighted by atomic mass is 16.5. The smallest absolute Gasteiger partial charge is 0.408 e. The fourth-order valence-electron chi connectivity index (χ4n) is 2.35. The molecule has 0 aromatic heterocycles. The molecule has 2 aromatic carbocycles. The van der Waals surface area contributed by atoms with Gasteiger partial charge in [0.25, 0.3) is 0 Å². The molecule has 0 radical (unpaired) electrons. The molecule has 0 spiro atoms. The van der Waals surface area contributed by atoms with Crippen molar-refractivity contribution in [1.29, 1.82) is 0 Å². The van der Waals surface area contributed by atoms with Gasteiger partial charge in [-0.3, -0.25) is 0 Å². The van der Waals surface area contributed by atoms with E-state index in [9.17, 15) is 14.7 Å². The summed E-state index contributed by atoms with van der Waals surface area (Å²) in [6.07, 6.45) is -0.711. The molecule has 0 aliphatic rings. The molecule has 26 heavy (non-hydrogen) atoms. The van der Waals surface area contributed by atoms with Crippen molar-refractivity contribution in [2.24, 2.45) is 0 Å². The van der Waals surface area contributed by atoms with Gasteiger partial charge in [0.15, 0.2) is 11.5 Å². The number of amides is 1. The fraction of sp³-hybridized carbons (Fsp3) is 0.263. The third-order valence-electron chi connectivity index (χ3n) is 3.69. The minimum absolute atomic E-state index is 0.0649. The van der Waals surface area contributed by atoms with Crippen LogP contribution in [0.3, 0.4) is 0 Å². The Kier molecular flexibility index (Phi) is 6.84. The van der Waals surface area contributed by atoms with Gasteiger partial charge in [0.2, 0.25) is 0 Å². The summed E-state index contributed by atoms with van der Waals surface area (Å²) in [6, 6.07) is 13.1. The molecule has 7 heteroatoms. The molecule has 2 aromatic rings. The number of hydrogen-bond donors (Lipinski definition) is 2. The maximum absolute atomic E-state index is 11.9. The molecule has 7 nitrogen and oxygen atoms in total. The zero-order valence-electron chi connectivity index (χ0n) is 14.6. The van der Waals surface area contributed by atoms with E-state index in [1.54, 1.807) is 18.2 Å². The molecule has 1 atom stereocenters. The molecule has 2 N–H and O–H groups in total. The first-order valence-electron chi connectivity index (χ1n) is 7.94. The lowest BCUT2D eigenvalue weighted by atomic mass is 10.1. The van der Waals surface area contributed by atoms with Crippen molar-refractivity contribution < 1.29 is 28.9 Å². The standard InChI is InChI=1S/C19H21NO6/c1-24-16-9-8-14(11-17(16)25-2)10-15(18(21)22)20-19(23)26-12-13-6-4-3-5-7-13/h3-9,11,15H,10,12H2,1-2H3,(H,20,23)(H,21,22)/t15-/m0/s1. The van der Waals surface area contributed by atoms with E-state index in [2.05, 4.69) is 5.32 Å². The monoisotopic (exact) mass is 359 g/mol. The lowest BCUT2D eigenvalue weighted by Crippen LogP contribution is -2.42. The Morgan fingerprint density at radius 1 is 1.00 bits per heavy atom. The van der Waals surface area contributed by atoms with Crippen molar-refractivity contribution in [1.82, 2.24) is 5.32 Å². The molecule has 0 fully saturated rings. The first-order chi connectivity index (χ1) is 12.5. The van der Waals surface area contributed by atoms with Gasteiger partial charge in [-0.25, -0.2) is 9.59 Å². The Labute approximate surface area is 151 Å². The molecule has 1 amide bonds. The Bertz CT molecular complexity index is 747. The summed E-state index contributed by atoms with van der Waals surface area (Å²) in [7, 11) is 3.01. The van der Waals surface area contributed by atoms with Crippen LogP contribution < -0.4 is 14.8 Å². The number of nitrogens with one attached hydrogen (secondary N) is 1. The summed E-state index contributed by atoms with van der Waals surface area (Å²) < 4.78 is 15.4. The SMILES string of the molecule is COc1ccc(C[C@H](NC(=O)OCc2ccccc2)C(=O)O)cc1OC. The van der Waals surface area contributed by atoms with Gasteiger partial charge in [-0.15, -0.1) is 0 Å². The molecule has 0 saturated carbocycles. The lowest BCUT2D eigenvalue weighted by molar-refractivity contribution is -0.139. The zero-order valence-corrected chi connectivity index (χ0v) is 14.6. The molecule has 2 rings (SSSR count). The van der Waals surface area contributed by atoms with E-state index in [1.807, 2.05) is 30.3 Å². The number of rotatable bonds is 8. The van der Waals surface area contributed by atoms with E-state index in [0.29, 0.717) is 17.1 Å². The minimum Gasteiger partial charge on any atom is -0.493 e. The van der Waals surface area contributed by atoms with Gasteiger partial charge in [-0.1, -0.05) is 36.4 Å². The fourth-order valence-corrected chi connectivity index (χ4v) is 2.35. The predicted octanol–water partition coefficient (Wildman–Crippen LogP) is 2.63. The van der Waals surface area contributed by atoms with Gasteiger partial charge >= 0.3 is 12.1 Å². The van der Waals surface area contributed by atoms with Crippen molar-refractivity contribution in [2.45, 2.75) is 19.1 Å². The van der Waals surface area contributed by atoms with E-state index in [0.717, 1.165) is 5.56 Å². The Hall–Kier alpha value is -3.22. The van der Waals surface area contributed by atoms with Crippen LogP contribution in [0.2, 0.25) is 0 Å². The Morgan fingerprint density at radius 3 is 2.31 bits per heavy atom. The second kappa shape index (κ2) is 9.31. The van der Waals surface area contributed by atoms with Crippen LogP contribution in [0.25, 0.3) is 0 Å². The number of carboxylic acids is 1. The Morgan fingerprint density at radius 2 is 1.69 bits per heavy atom. The zero-order chi connectivity index (χ0) is 18.9. The van der Waals surface area contributed by atoms with E-state index in [-0.39, 0.29) is 13.0 Å². The summed E-state index contributed by atoms with van der Waals surface area (Å²) in [5, 5.41) is 11.7. The number of carbonyl (C=O) groups is 2. The minimum atomic E-state index is -1.16. The number of carboxylic acid groups (broad SMARTS) is 1. The average molecular weight is 359 g/mol. The number of hydrogen-bond acceptors (Lipinski definition) is 5. The molecular formula is C19H21NO6. The number of ether oxygens (including phenoxy) is 3. The van der Waals surface area contributed by atoms with Crippen molar-refractivity contribution in [3.63, 3.8) is 0 Å². The van der Waals surface area contributed by atoms with E-state index in [1.165, 1.54) is 14.2 Å². The largest absolute Gasteiger partial charge is 0.493 e. The van der Waals surface area contributed by atoms with E-state index in [4.69, 9.17) is 14.2 Å². The van der Waals surface area contributed by atoms with Gasteiger partial charge in [0, 0.05) is 6.42 Å². The van der Waals surface area contributed by atoms with Crippen LogP contribution in [0.15, 0.2) is 48.5 Å². The van der Waals surface area contributed by atoms with Crippen LogP contribution in [0, 0.1) is 0 Å². The third-order valence-corrected chi connectivity index (χ3v) is 3.69. The quantitative estimate of drug-likeness (QED) is 0.752. The topological polar surface area (TPSA) is 94.1 Å². The van der Waals surface area contributed by atoms with Crippen molar-refractivity contribution in [2.75, 3.05) is 14.2 Å². The van der Waals surface area contributed by atoms with Crippen LogP contribution in [0.5, 0.6) is 11.5 Å². The highest BCUT2D eigenvalue weighted by Crippen LogP contribution is 2.28. The first-order valence-corrected chi connectivity index (χ1v) is 7.94. The maximum Gasteiger partial charge on any atom is 0.408 e. The van der Waals surface area contributed by atoms with Crippen molar-refractivity contribution in [3.05, 3.63) is 59.7 Å². The molecule has 0 bridgehead atoms. The van der Waals surface area contributed by atoms with Crippen molar-refractivity contribution in [3.8, 4) is 11.5 Å². The molecular weight excluding hydrogens is 338 g/mol. The summed E-state index contributed by atoms with van der Waals surface area (Å²) in [4.78, 5) is 23.4. The molecule has 0 unspecified atom stereocenters. The maximum atomic E-state index is 11.9. The number of alkyl carbamates (subject to hydrolysis) is 1. The van der Waals surface area contributed by atoms with Gasteiger partial charge < -0.3 is 24.6 Å². The summed E-state index contributed by atoms with van der Waals surface area (Å²) in [6.45, 7) is 0.0649. The lowest BCUT2D eigenvalue weighted by Gasteiger charge is -2.16. The van der Waals surface area contributed by atoms with Crippen LogP contribution in [0.4, 0.5) is 4.79 Å². The van der Waals surface area contributed by atoms with Crippen molar-refractivity contribution >= 4 is 12.1 Å². The van der Waals surface area contributed by atoms with Gasteiger partial charge in [0.05, 0.1) is 14.2 Å². The number of benzene rings is 2. The van der Waals surface area contributed by atoms with Crippen LogP contribution in [-0.4, -0.2) is 37.4 Å². The summed E-state index contributed by atoms with van der Waals surface area (Å²) >= 11 is 0. The molecule has 0 aliphatic heterocycles. The summed E-state index contributed by atoms with van der Waals surface area (Å²) in [5.41, 5.74) is 1.49. The van der Waals surface area contributed by atoms with Gasteiger partial charge in [-0.05, 0) is 23.3 Å². The second-order valence-electron chi connectivity index (χ2n) is 5.49. The highest BCUT2D eigenvalue weighted by molar-refractivity contribution is 5.80. The number of carbonyl (C=O) groups excluding carboxylic acids is 1. The molecule has 138 valence electrons. The number of aliphatic carboxylic acids is 1. The normalized spacial score (nSPS) is 11.3. The molecule has 0 aliphatic carbocycles. The molecule has 0 saturated heterocycles. The van der Waals surface area contributed by atoms with Gasteiger partial charge in [0.1, 0.15) is 12.6 Å². The Balaban J connectivity index is 1.98. The molecule has 0 heterocycles. The van der Waals surface area contributed by atoms with Crippen LogP contribution >= 0.6 is 0 Å². The summed E-state index contributed by atoms with van der Waals surface area (Å²) in [5.74, 6) is -0.129. The first kappa shape index (κ1) is 19.1. The third kappa shape index (κ3) is 5.41. The highest BCUT2D eigenvalue weighted by Gasteiger charge is 2.22. The van der Waals surface area contributed by atoms with Gasteiger partial charge in [-0.2, -0.15) is 0 Å². The van der Waals surface area contributed by atoms with E-state index >= 15 is 0 Å². The average Bonchev–Trinajstić information content (AvgIpc) is 2.66. The number of methoxy groups -OCH3 is 2. The van der Waals surface area contributed by atoms with Crippen LogP contribution in [0.1, 0.15) is 11.1 Å².